The van der Waals surface area contributed by atoms with E-state index in [1.54, 1.807) is 6.07 Å². The number of hydrogen-bond acceptors (Lipinski definition) is 3. The van der Waals surface area contributed by atoms with Gasteiger partial charge in [0.25, 0.3) is 5.91 Å². The quantitative estimate of drug-likeness (QED) is 0.925. The minimum absolute atomic E-state index is 0.216. The van der Waals surface area contributed by atoms with Gasteiger partial charge in [-0.3, -0.25) is 4.79 Å². The molecule has 116 valence electrons. The number of amides is 1. The molecule has 1 aliphatic rings. The molecule has 0 radical (unpaired) electrons. The fourth-order valence-electron chi connectivity index (χ4n) is 2.98. The van der Waals surface area contributed by atoms with Crippen molar-refractivity contribution >= 4 is 22.8 Å². The second-order valence-corrected chi connectivity index (χ2v) is 5.93. The van der Waals surface area contributed by atoms with Crippen molar-refractivity contribution < 1.29 is 19.1 Å². The minimum atomic E-state index is -0.948. The SMILES string of the molecule is Cc1cc2cc(C(=O)N3CCCC[C@@H]3C(=O)O)oc2cc1C. The summed E-state index contributed by atoms with van der Waals surface area (Å²) in [6.45, 7) is 4.46. The molecule has 1 atom stereocenters. The Morgan fingerprint density at radius 3 is 2.64 bits per heavy atom. The first-order valence-electron chi connectivity index (χ1n) is 7.52. The third kappa shape index (κ3) is 2.47. The highest BCUT2D eigenvalue weighted by Crippen LogP contribution is 2.26. The Hall–Kier alpha value is -2.30. The standard InChI is InChI=1S/C17H19NO4/c1-10-7-12-9-15(22-14(12)8-11(10)2)16(19)18-6-4-3-5-13(18)17(20)21/h7-9,13H,3-6H2,1-2H3,(H,20,21)/t13-/m1/s1. The molecule has 2 heterocycles. The van der Waals surface area contributed by atoms with E-state index in [4.69, 9.17) is 4.42 Å². The summed E-state index contributed by atoms with van der Waals surface area (Å²) in [5, 5.41) is 10.2. The van der Waals surface area contributed by atoms with E-state index in [1.807, 2.05) is 26.0 Å². The first kappa shape index (κ1) is 14.6. The number of aliphatic carboxylic acids is 1. The molecule has 0 saturated carbocycles. The Morgan fingerprint density at radius 1 is 1.18 bits per heavy atom. The molecule has 1 N–H and O–H groups in total. The fraction of sp³-hybridized carbons (Fsp3) is 0.412. The lowest BCUT2D eigenvalue weighted by molar-refractivity contribution is -0.143. The van der Waals surface area contributed by atoms with Gasteiger partial charge in [0, 0.05) is 11.9 Å². The molecule has 1 aliphatic heterocycles. The Morgan fingerprint density at radius 2 is 1.91 bits per heavy atom. The first-order chi connectivity index (χ1) is 10.5. The maximum Gasteiger partial charge on any atom is 0.326 e. The molecule has 22 heavy (non-hydrogen) atoms. The van der Waals surface area contributed by atoms with Gasteiger partial charge in [0.1, 0.15) is 11.6 Å². The number of carbonyl (C=O) groups is 2. The molecule has 1 aromatic heterocycles. The van der Waals surface area contributed by atoms with Gasteiger partial charge < -0.3 is 14.4 Å². The number of carboxylic acids is 1. The number of nitrogens with zero attached hydrogens (tertiary/aromatic N) is 1. The lowest BCUT2D eigenvalue weighted by atomic mass is 10.0. The lowest BCUT2D eigenvalue weighted by Gasteiger charge is -2.32. The Kier molecular flexibility index (Phi) is 3.64. The molecule has 3 rings (SSSR count). The van der Waals surface area contributed by atoms with Gasteiger partial charge in [-0.05, 0) is 62.4 Å². The normalized spacial score (nSPS) is 18.6. The number of likely N-dealkylation sites (tertiary alicyclic amines) is 1. The first-order valence-corrected chi connectivity index (χ1v) is 7.52. The predicted octanol–water partition coefficient (Wildman–Crippen LogP) is 3.13. The number of piperidine rings is 1. The molecule has 5 heteroatoms. The summed E-state index contributed by atoms with van der Waals surface area (Å²) in [4.78, 5) is 25.4. The highest BCUT2D eigenvalue weighted by Gasteiger charge is 2.33. The Labute approximate surface area is 128 Å². The zero-order valence-electron chi connectivity index (χ0n) is 12.8. The third-order valence-electron chi connectivity index (χ3n) is 4.39. The minimum Gasteiger partial charge on any atom is -0.480 e. The second kappa shape index (κ2) is 5.48. The van der Waals surface area contributed by atoms with Crippen molar-refractivity contribution in [1.29, 1.82) is 0 Å². The van der Waals surface area contributed by atoms with Crippen molar-refractivity contribution in [3.8, 4) is 0 Å². The average molecular weight is 301 g/mol. The molecular formula is C17H19NO4. The number of furan rings is 1. The number of hydrogen-bond donors (Lipinski definition) is 1. The molecule has 1 aromatic carbocycles. The molecule has 1 fully saturated rings. The van der Waals surface area contributed by atoms with Gasteiger partial charge in [-0.1, -0.05) is 0 Å². The second-order valence-electron chi connectivity index (χ2n) is 5.93. The largest absolute Gasteiger partial charge is 0.480 e. The molecular weight excluding hydrogens is 282 g/mol. The van der Waals surface area contributed by atoms with Crippen LogP contribution in [-0.4, -0.2) is 34.5 Å². The molecule has 1 saturated heterocycles. The molecule has 0 aliphatic carbocycles. The third-order valence-corrected chi connectivity index (χ3v) is 4.39. The number of carboxylic acid groups (broad SMARTS) is 1. The summed E-state index contributed by atoms with van der Waals surface area (Å²) in [7, 11) is 0. The van der Waals surface area contributed by atoms with E-state index >= 15 is 0 Å². The Bertz CT molecular complexity index is 707. The molecule has 2 aromatic rings. The van der Waals surface area contributed by atoms with Crippen molar-refractivity contribution in [3.63, 3.8) is 0 Å². The summed E-state index contributed by atoms with van der Waals surface area (Å²) in [6.07, 6.45) is 2.16. The van der Waals surface area contributed by atoms with E-state index < -0.39 is 12.0 Å². The molecule has 1 amide bonds. The van der Waals surface area contributed by atoms with Crippen LogP contribution < -0.4 is 0 Å². The van der Waals surface area contributed by atoms with Gasteiger partial charge >= 0.3 is 5.97 Å². The van der Waals surface area contributed by atoms with Crippen molar-refractivity contribution in [3.05, 3.63) is 35.1 Å². The smallest absolute Gasteiger partial charge is 0.326 e. The van der Waals surface area contributed by atoms with Gasteiger partial charge in [-0.15, -0.1) is 0 Å². The maximum atomic E-state index is 12.6. The van der Waals surface area contributed by atoms with E-state index in [9.17, 15) is 14.7 Å². The average Bonchev–Trinajstić information content (AvgIpc) is 2.89. The lowest BCUT2D eigenvalue weighted by Crippen LogP contribution is -2.47. The van der Waals surface area contributed by atoms with Crippen molar-refractivity contribution in [1.82, 2.24) is 4.90 Å². The topological polar surface area (TPSA) is 70.8 Å². The molecule has 0 bridgehead atoms. The monoisotopic (exact) mass is 301 g/mol. The van der Waals surface area contributed by atoms with E-state index in [1.165, 1.54) is 4.90 Å². The van der Waals surface area contributed by atoms with Gasteiger partial charge in [0.15, 0.2) is 5.76 Å². The van der Waals surface area contributed by atoms with Crippen LogP contribution in [-0.2, 0) is 4.79 Å². The zero-order chi connectivity index (χ0) is 15.9. The number of benzene rings is 1. The Balaban J connectivity index is 1.95. The molecule has 0 spiro atoms. The van der Waals surface area contributed by atoms with Gasteiger partial charge in [-0.25, -0.2) is 4.79 Å². The summed E-state index contributed by atoms with van der Waals surface area (Å²) in [6, 6.07) is 4.85. The highest BCUT2D eigenvalue weighted by atomic mass is 16.4. The fourth-order valence-corrected chi connectivity index (χ4v) is 2.98. The van der Waals surface area contributed by atoms with E-state index in [0.29, 0.717) is 18.5 Å². The van der Waals surface area contributed by atoms with Crippen molar-refractivity contribution in [2.24, 2.45) is 0 Å². The van der Waals surface area contributed by atoms with Gasteiger partial charge in [0.2, 0.25) is 0 Å². The number of aryl methyl sites for hydroxylation is 2. The van der Waals surface area contributed by atoms with Crippen LogP contribution in [0.15, 0.2) is 22.6 Å². The van der Waals surface area contributed by atoms with Gasteiger partial charge in [0.05, 0.1) is 0 Å². The van der Waals surface area contributed by atoms with E-state index in [2.05, 4.69) is 0 Å². The van der Waals surface area contributed by atoms with Crippen LogP contribution in [0.25, 0.3) is 11.0 Å². The predicted molar refractivity (Wildman–Crippen MR) is 82.0 cm³/mol. The zero-order valence-corrected chi connectivity index (χ0v) is 12.8. The number of rotatable bonds is 2. The summed E-state index contributed by atoms with van der Waals surface area (Å²) in [5.41, 5.74) is 2.89. The number of fused-ring (bicyclic) bond motifs is 1. The van der Waals surface area contributed by atoms with Gasteiger partial charge in [-0.2, -0.15) is 0 Å². The molecule has 0 unspecified atom stereocenters. The van der Waals surface area contributed by atoms with E-state index in [0.717, 1.165) is 29.4 Å². The summed E-state index contributed by atoms with van der Waals surface area (Å²) < 4.78 is 5.66. The molecule has 5 nitrogen and oxygen atoms in total. The van der Waals surface area contributed by atoms with Crippen LogP contribution in [0.5, 0.6) is 0 Å². The van der Waals surface area contributed by atoms with Crippen LogP contribution >= 0.6 is 0 Å². The summed E-state index contributed by atoms with van der Waals surface area (Å²) in [5.74, 6) is -1.07. The van der Waals surface area contributed by atoms with Crippen LogP contribution in [0.4, 0.5) is 0 Å². The van der Waals surface area contributed by atoms with Crippen LogP contribution in [0, 0.1) is 13.8 Å². The van der Waals surface area contributed by atoms with Crippen LogP contribution in [0.2, 0.25) is 0 Å². The van der Waals surface area contributed by atoms with Crippen LogP contribution in [0.1, 0.15) is 40.9 Å². The highest BCUT2D eigenvalue weighted by molar-refractivity contribution is 5.98. The number of carbonyl (C=O) groups excluding carboxylic acids is 1. The van der Waals surface area contributed by atoms with Crippen LogP contribution in [0.3, 0.4) is 0 Å². The summed E-state index contributed by atoms with van der Waals surface area (Å²) >= 11 is 0. The van der Waals surface area contributed by atoms with Crippen molar-refractivity contribution in [2.45, 2.75) is 39.2 Å². The van der Waals surface area contributed by atoms with Crippen molar-refractivity contribution in [2.75, 3.05) is 6.54 Å². The maximum absolute atomic E-state index is 12.6. The van der Waals surface area contributed by atoms with E-state index in [-0.39, 0.29) is 11.7 Å².